The predicted molar refractivity (Wildman–Crippen MR) is 59.1 cm³/mol. The third kappa shape index (κ3) is 1.94. The van der Waals surface area contributed by atoms with E-state index in [1.54, 1.807) is 0 Å². The Balaban J connectivity index is 2.42. The lowest BCUT2D eigenvalue weighted by Crippen LogP contribution is -2.18. The molecule has 0 fully saturated rings. The van der Waals surface area contributed by atoms with Crippen molar-refractivity contribution < 1.29 is 0 Å². The first-order valence-electron chi connectivity index (χ1n) is 4.76. The van der Waals surface area contributed by atoms with Gasteiger partial charge in [0.05, 0.1) is 0 Å². The Bertz CT molecular complexity index is 309. The zero-order valence-electron chi connectivity index (χ0n) is 7.81. The zero-order chi connectivity index (χ0) is 9.26. The van der Waals surface area contributed by atoms with Crippen LogP contribution in [0.4, 0.5) is 0 Å². The Morgan fingerprint density at radius 2 is 2.31 bits per heavy atom. The molecule has 2 heteroatoms. The van der Waals surface area contributed by atoms with Crippen LogP contribution in [0.1, 0.15) is 24.0 Å². The van der Waals surface area contributed by atoms with Crippen molar-refractivity contribution in [2.75, 3.05) is 13.1 Å². The van der Waals surface area contributed by atoms with E-state index in [0.29, 0.717) is 5.92 Å². The summed E-state index contributed by atoms with van der Waals surface area (Å²) in [5.41, 5.74) is 3.00. The van der Waals surface area contributed by atoms with Gasteiger partial charge in [0.2, 0.25) is 0 Å². The van der Waals surface area contributed by atoms with E-state index >= 15 is 0 Å². The molecule has 0 radical (unpaired) electrons. The van der Waals surface area contributed by atoms with Gasteiger partial charge in [-0.3, -0.25) is 0 Å². The summed E-state index contributed by atoms with van der Waals surface area (Å²) in [6, 6.07) is 6.64. The molecule has 1 aromatic rings. The Labute approximate surface area is 87.7 Å². The minimum absolute atomic E-state index is 0.644. The molecular weight excluding hydrogens is 226 g/mol. The maximum absolute atomic E-state index is 3.52. The smallest absolute Gasteiger partial charge is 0.0178 e. The average Bonchev–Trinajstić information content (AvgIpc) is 2.28. The highest BCUT2D eigenvalue weighted by molar-refractivity contribution is 9.10. The molecule has 0 saturated carbocycles. The Morgan fingerprint density at radius 3 is 3.15 bits per heavy atom. The molecule has 0 aliphatic carbocycles. The van der Waals surface area contributed by atoms with Crippen molar-refractivity contribution in [3.05, 3.63) is 33.8 Å². The van der Waals surface area contributed by atoms with Crippen LogP contribution in [0.2, 0.25) is 0 Å². The molecule has 13 heavy (non-hydrogen) atoms. The topological polar surface area (TPSA) is 12.0 Å². The monoisotopic (exact) mass is 239 g/mol. The van der Waals surface area contributed by atoms with Crippen LogP contribution >= 0.6 is 15.9 Å². The van der Waals surface area contributed by atoms with Gasteiger partial charge in [-0.15, -0.1) is 0 Å². The van der Waals surface area contributed by atoms with E-state index in [9.17, 15) is 0 Å². The van der Waals surface area contributed by atoms with Gasteiger partial charge in [-0.2, -0.15) is 0 Å². The summed E-state index contributed by atoms with van der Waals surface area (Å²) in [5, 5.41) is 3.45. The summed E-state index contributed by atoms with van der Waals surface area (Å²) in [4.78, 5) is 0. The van der Waals surface area contributed by atoms with Gasteiger partial charge in [-0.1, -0.05) is 28.9 Å². The van der Waals surface area contributed by atoms with Gasteiger partial charge >= 0.3 is 0 Å². The summed E-state index contributed by atoms with van der Waals surface area (Å²) in [7, 11) is 0. The fourth-order valence-electron chi connectivity index (χ4n) is 1.92. The molecule has 1 N–H and O–H groups in total. The van der Waals surface area contributed by atoms with Gasteiger partial charge in [0.1, 0.15) is 0 Å². The molecule has 0 saturated heterocycles. The van der Waals surface area contributed by atoms with Crippen molar-refractivity contribution in [2.24, 2.45) is 0 Å². The molecule has 70 valence electrons. The molecule has 0 bridgehead atoms. The first-order valence-corrected chi connectivity index (χ1v) is 5.55. The van der Waals surface area contributed by atoms with E-state index in [1.807, 2.05) is 0 Å². The molecule has 0 spiro atoms. The van der Waals surface area contributed by atoms with Gasteiger partial charge in [-0.25, -0.2) is 0 Å². The van der Waals surface area contributed by atoms with Crippen molar-refractivity contribution >= 4 is 15.9 Å². The highest BCUT2D eigenvalue weighted by atomic mass is 79.9. The normalized spacial score (nSPS) is 22.2. The molecule has 1 aliphatic rings. The molecule has 1 heterocycles. The first kappa shape index (κ1) is 9.22. The summed E-state index contributed by atoms with van der Waals surface area (Å²) >= 11 is 3.52. The molecule has 0 aromatic heterocycles. The van der Waals surface area contributed by atoms with E-state index in [0.717, 1.165) is 19.5 Å². The minimum atomic E-state index is 0.644. The van der Waals surface area contributed by atoms with Crippen LogP contribution in [0, 0.1) is 0 Å². The molecule has 2 rings (SSSR count). The van der Waals surface area contributed by atoms with Crippen LogP contribution < -0.4 is 5.32 Å². The van der Waals surface area contributed by atoms with Crippen molar-refractivity contribution in [3.63, 3.8) is 0 Å². The first-order chi connectivity index (χ1) is 6.27. The average molecular weight is 240 g/mol. The highest BCUT2D eigenvalue weighted by Crippen LogP contribution is 2.25. The molecule has 0 amide bonds. The summed E-state index contributed by atoms with van der Waals surface area (Å²) in [5.74, 6) is 0.644. The van der Waals surface area contributed by atoms with Gasteiger partial charge in [0, 0.05) is 11.0 Å². The predicted octanol–water partition coefficient (Wildman–Crippen LogP) is 2.70. The standard InChI is InChI=1S/C11H14BrN/c1-8-7-13-5-4-9-6-10(12)2-3-11(8)9/h2-3,6,8,13H,4-5,7H2,1H3/t8-/m1/s1. The van der Waals surface area contributed by atoms with Crippen LogP contribution in [-0.4, -0.2) is 13.1 Å². The minimum Gasteiger partial charge on any atom is -0.316 e. The Hall–Kier alpha value is -0.340. The van der Waals surface area contributed by atoms with Gasteiger partial charge in [-0.05, 0) is 42.1 Å². The second kappa shape index (κ2) is 3.81. The van der Waals surface area contributed by atoms with Crippen LogP contribution in [0.15, 0.2) is 22.7 Å². The maximum Gasteiger partial charge on any atom is 0.0178 e. The largest absolute Gasteiger partial charge is 0.316 e. The van der Waals surface area contributed by atoms with Gasteiger partial charge in [0.25, 0.3) is 0 Å². The van der Waals surface area contributed by atoms with Crippen LogP contribution in [0.5, 0.6) is 0 Å². The van der Waals surface area contributed by atoms with Crippen molar-refractivity contribution in [1.29, 1.82) is 0 Å². The number of hydrogen-bond acceptors (Lipinski definition) is 1. The summed E-state index contributed by atoms with van der Waals surface area (Å²) in [6.07, 6.45) is 1.15. The van der Waals surface area contributed by atoms with Crippen molar-refractivity contribution in [3.8, 4) is 0 Å². The summed E-state index contributed by atoms with van der Waals surface area (Å²) < 4.78 is 1.19. The van der Waals surface area contributed by atoms with Gasteiger partial charge < -0.3 is 5.32 Å². The molecule has 0 unspecified atom stereocenters. The highest BCUT2D eigenvalue weighted by Gasteiger charge is 2.13. The number of fused-ring (bicyclic) bond motifs is 1. The lowest BCUT2D eigenvalue weighted by atomic mass is 9.96. The summed E-state index contributed by atoms with van der Waals surface area (Å²) in [6.45, 7) is 4.49. The van der Waals surface area contributed by atoms with Gasteiger partial charge in [0.15, 0.2) is 0 Å². The van der Waals surface area contributed by atoms with Crippen molar-refractivity contribution in [2.45, 2.75) is 19.3 Å². The quantitative estimate of drug-likeness (QED) is 0.735. The number of halogens is 1. The molecule has 1 atom stereocenters. The fourth-order valence-corrected chi connectivity index (χ4v) is 2.33. The number of nitrogens with one attached hydrogen (secondary N) is 1. The second-order valence-electron chi connectivity index (χ2n) is 3.70. The van der Waals surface area contributed by atoms with Crippen LogP contribution in [-0.2, 0) is 6.42 Å². The lowest BCUT2D eigenvalue weighted by Gasteiger charge is -2.11. The molecule has 1 aromatic carbocycles. The SMILES string of the molecule is C[C@@H]1CNCCc2cc(Br)ccc21. The third-order valence-electron chi connectivity index (χ3n) is 2.66. The van der Waals surface area contributed by atoms with Crippen molar-refractivity contribution in [1.82, 2.24) is 5.32 Å². The van der Waals surface area contributed by atoms with E-state index in [2.05, 4.69) is 46.4 Å². The van der Waals surface area contributed by atoms with Crippen LogP contribution in [0.3, 0.4) is 0 Å². The van der Waals surface area contributed by atoms with E-state index in [4.69, 9.17) is 0 Å². The molecular formula is C11H14BrN. The number of rotatable bonds is 0. The third-order valence-corrected chi connectivity index (χ3v) is 3.15. The molecule has 1 aliphatic heterocycles. The van der Waals surface area contributed by atoms with E-state index in [1.165, 1.54) is 15.6 Å². The Morgan fingerprint density at radius 1 is 1.46 bits per heavy atom. The lowest BCUT2D eigenvalue weighted by molar-refractivity contribution is 0.644. The maximum atomic E-state index is 3.52. The Kier molecular flexibility index (Phi) is 2.70. The second-order valence-corrected chi connectivity index (χ2v) is 4.61. The van der Waals surface area contributed by atoms with E-state index in [-0.39, 0.29) is 0 Å². The van der Waals surface area contributed by atoms with Crippen LogP contribution in [0.25, 0.3) is 0 Å². The zero-order valence-corrected chi connectivity index (χ0v) is 9.39. The molecule has 1 nitrogen and oxygen atoms in total. The number of hydrogen-bond donors (Lipinski definition) is 1. The number of benzene rings is 1. The van der Waals surface area contributed by atoms with E-state index < -0.39 is 0 Å². The fraction of sp³-hybridized carbons (Fsp3) is 0.455.